The van der Waals surface area contributed by atoms with Crippen molar-refractivity contribution in [3.63, 3.8) is 0 Å². The molecule has 0 unspecified atom stereocenters. The lowest BCUT2D eigenvalue weighted by atomic mass is 9.79. The van der Waals surface area contributed by atoms with E-state index >= 15 is 4.39 Å². The number of rotatable bonds is 4. The van der Waals surface area contributed by atoms with Gasteiger partial charge in [0.25, 0.3) is 0 Å². The van der Waals surface area contributed by atoms with Crippen molar-refractivity contribution in [2.45, 2.75) is 45.3 Å². The fourth-order valence-corrected chi connectivity index (χ4v) is 4.76. The van der Waals surface area contributed by atoms with Gasteiger partial charge in [0.05, 0.1) is 5.69 Å². The molecule has 0 radical (unpaired) electrons. The third-order valence-corrected chi connectivity index (χ3v) is 6.45. The molecule has 0 atom stereocenters. The first-order valence-electron chi connectivity index (χ1n) is 11.5. The molecule has 0 saturated heterocycles. The fraction of sp³-hybridized carbons (Fsp3) is 0.360. The van der Waals surface area contributed by atoms with E-state index in [4.69, 9.17) is 19.9 Å². The number of nitrogens with one attached hydrogen (secondary N) is 2. The van der Waals surface area contributed by atoms with Gasteiger partial charge in [0.1, 0.15) is 29.8 Å². The number of fused-ring (bicyclic) bond motifs is 2. The highest BCUT2D eigenvalue weighted by Gasteiger charge is 2.45. The molecule has 37 heavy (non-hydrogen) atoms. The Morgan fingerprint density at radius 1 is 1.24 bits per heavy atom. The van der Waals surface area contributed by atoms with Crippen molar-refractivity contribution >= 4 is 52.4 Å². The van der Waals surface area contributed by atoms with Crippen LogP contribution in [0.5, 0.6) is 5.88 Å². The number of nitrogens with two attached hydrogens (primary N) is 1. The number of carbonyl (C=O) groups excluding carboxylic acids is 2. The van der Waals surface area contributed by atoms with Gasteiger partial charge in [-0.1, -0.05) is 0 Å². The Kier molecular flexibility index (Phi) is 7.00. The first-order chi connectivity index (χ1) is 17.1. The molecule has 1 amide bonds. The minimum absolute atomic E-state index is 0. The molecule has 12 heteroatoms. The van der Waals surface area contributed by atoms with Crippen LogP contribution >= 0.6 is 12.4 Å². The normalized spacial score (nSPS) is 19.8. The Balaban J connectivity index is 0.00000320. The van der Waals surface area contributed by atoms with Gasteiger partial charge in [0.2, 0.25) is 5.88 Å². The Bertz CT molecular complexity index is 1400. The van der Waals surface area contributed by atoms with Crippen LogP contribution < -0.4 is 21.1 Å². The molecule has 4 N–H and O–H groups in total. The standard InChI is InChI=1S/C25H26FN5O5.ClH/c1-12-17(10-30-23-22(12)28-4-5-34-23)16-6-14-7-19(29-11-18(14)21(27)20(16)26)31-24(33)35-15-8-25(3,9-15)36-13(2)32;/h6-7,10-11,15,28H,4-5,8-9,27H2,1-3H3,(H,29,31,33);1H. The number of esters is 1. The second kappa shape index (κ2) is 9.89. The van der Waals surface area contributed by atoms with E-state index in [1.54, 1.807) is 25.3 Å². The quantitative estimate of drug-likeness (QED) is 0.326. The summed E-state index contributed by atoms with van der Waals surface area (Å²) in [7, 11) is 0. The Morgan fingerprint density at radius 2 is 2.00 bits per heavy atom. The molecule has 3 aromatic rings. The average molecular weight is 532 g/mol. The zero-order valence-electron chi connectivity index (χ0n) is 20.5. The van der Waals surface area contributed by atoms with E-state index < -0.39 is 17.5 Å². The van der Waals surface area contributed by atoms with E-state index in [0.29, 0.717) is 48.2 Å². The van der Waals surface area contributed by atoms with Gasteiger partial charge in [-0.25, -0.2) is 19.2 Å². The summed E-state index contributed by atoms with van der Waals surface area (Å²) in [6, 6.07) is 3.25. The molecule has 1 aliphatic carbocycles. The number of anilines is 3. The van der Waals surface area contributed by atoms with Crippen LogP contribution in [0.1, 0.15) is 32.3 Å². The molecular formula is C25H27ClFN5O5. The molecule has 10 nitrogen and oxygen atoms in total. The average Bonchev–Trinajstić information content (AvgIpc) is 2.80. The van der Waals surface area contributed by atoms with Gasteiger partial charge in [-0.05, 0) is 36.9 Å². The summed E-state index contributed by atoms with van der Waals surface area (Å²) >= 11 is 0. The Labute approximate surface area is 218 Å². The second-order valence-electron chi connectivity index (χ2n) is 9.30. The molecule has 0 spiro atoms. The minimum atomic E-state index is -0.687. The molecule has 1 aromatic carbocycles. The van der Waals surface area contributed by atoms with Crippen LogP contribution in [0.4, 0.5) is 26.4 Å². The number of halogens is 2. The SMILES string of the molecule is CC(=O)OC1(C)CC(OC(=O)Nc2cc3cc(-c4cnc5c(c4C)NCCO5)c(F)c(N)c3cn2)C1.Cl. The van der Waals surface area contributed by atoms with E-state index in [-0.39, 0.29) is 41.5 Å². The van der Waals surface area contributed by atoms with Gasteiger partial charge in [0.15, 0.2) is 5.82 Å². The first-order valence-corrected chi connectivity index (χ1v) is 11.5. The summed E-state index contributed by atoms with van der Waals surface area (Å²) in [6.07, 6.45) is 2.74. The van der Waals surface area contributed by atoms with Crippen molar-refractivity contribution in [3.8, 4) is 17.0 Å². The number of carbonyl (C=O) groups is 2. The van der Waals surface area contributed by atoms with Crippen LogP contribution in [0.2, 0.25) is 0 Å². The second-order valence-corrected chi connectivity index (χ2v) is 9.30. The lowest BCUT2D eigenvalue weighted by Gasteiger charge is -2.42. The van der Waals surface area contributed by atoms with Gasteiger partial charge in [-0.2, -0.15) is 0 Å². The van der Waals surface area contributed by atoms with Crippen LogP contribution in [-0.2, 0) is 14.3 Å². The van der Waals surface area contributed by atoms with Crippen molar-refractivity contribution < 1.29 is 28.2 Å². The van der Waals surface area contributed by atoms with Crippen LogP contribution in [0.15, 0.2) is 24.5 Å². The zero-order valence-corrected chi connectivity index (χ0v) is 21.3. The molecular weight excluding hydrogens is 505 g/mol. The number of nitrogen functional groups attached to an aromatic ring is 1. The van der Waals surface area contributed by atoms with Crippen molar-refractivity contribution in [3.05, 3.63) is 35.9 Å². The lowest BCUT2D eigenvalue weighted by molar-refractivity contribution is -0.176. The molecule has 2 aliphatic rings. The number of benzene rings is 1. The third kappa shape index (κ3) is 5.04. The summed E-state index contributed by atoms with van der Waals surface area (Å²) in [5.41, 5.74) is 7.81. The summed E-state index contributed by atoms with van der Waals surface area (Å²) in [5, 5.41) is 6.84. The van der Waals surface area contributed by atoms with E-state index in [0.717, 1.165) is 11.3 Å². The van der Waals surface area contributed by atoms with Crippen molar-refractivity contribution in [2.24, 2.45) is 0 Å². The zero-order chi connectivity index (χ0) is 25.6. The number of hydrogen-bond acceptors (Lipinski definition) is 9. The molecule has 2 aromatic heterocycles. The number of nitrogens with zero attached hydrogens (tertiary/aromatic N) is 2. The highest BCUT2D eigenvalue weighted by atomic mass is 35.5. The van der Waals surface area contributed by atoms with Crippen molar-refractivity contribution in [2.75, 3.05) is 29.5 Å². The molecule has 5 rings (SSSR count). The Hall–Kier alpha value is -3.86. The topological polar surface area (TPSA) is 138 Å². The number of pyridine rings is 2. The molecule has 0 bridgehead atoms. The summed E-state index contributed by atoms with van der Waals surface area (Å²) in [4.78, 5) is 32.1. The van der Waals surface area contributed by atoms with E-state index in [9.17, 15) is 9.59 Å². The highest BCUT2D eigenvalue weighted by molar-refractivity contribution is 5.99. The number of aromatic nitrogens is 2. The van der Waals surface area contributed by atoms with Gasteiger partial charge < -0.3 is 25.3 Å². The fourth-order valence-electron chi connectivity index (χ4n) is 4.76. The Morgan fingerprint density at radius 3 is 2.73 bits per heavy atom. The van der Waals surface area contributed by atoms with Crippen LogP contribution in [0.25, 0.3) is 21.9 Å². The van der Waals surface area contributed by atoms with Crippen LogP contribution in [0, 0.1) is 12.7 Å². The van der Waals surface area contributed by atoms with E-state index in [1.165, 1.54) is 13.1 Å². The summed E-state index contributed by atoms with van der Waals surface area (Å²) in [6.45, 7) is 6.13. The first kappa shape index (κ1) is 26.2. The van der Waals surface area contributed by atoms with Crippen LogP contribution in [-0.4, -0.2) is 46.9 Å². The third-order valence-electron chi connectivity index (χ3n) is 6.45. The van der Waals surface area contributed by atoms with Crippen LogP contribution in [0.3, 0.4) is 0 Å². The predicted octanol–water partition coefficient (Wildman–Crippen LogP) is 4.59. The summed E-state index contributed by atoms with van der Waals surface area (Å²) in [5.74, 6) is -0.249. The van der Waals surface area contributed by atoms with E-state index in [1.807, 2.05) is 6.92 Å². The van der Waals surface area contributed by atoms with Gasteiger partial charge in [-0.15, -0.1) is 12.4 Å². The van der Waals surface area contributed by atoms with Gasteiger partial charge >= 0.3 is 12.1 Å². The largest absolute Gasteiger partial charge is 0.474 e. The molecule has 1 fully saturated rings. The minimum Gasteiger partial charge on any atom is -0.474 e. The summed E-state index contributed by atoms with van der Waals surface area (Å²) < 4.78 is 31.5. The van der Waals surface area contributed by atoms with Gasteiger partial charge in [0, 0.05) is 55.2 Å². The maximum absolute atomic E-state index is 15.3. The maximum Gasteiger partial charge on any atom is 0.413 e. The van der Waals surface area contributed by atoms with Crippen molar-refractivity contribution in [1.82, 2.24) is 9.97 Å². The predicted molar refractivity (Wildman–Crippen MR) is 139 cm³/mol. The smallest absolute Gasteiger partial charge is 0.413 e. The maximum atomic E-state index is 15.3. The lowest BCUT2D eigenvalue weighted by Crippen LogP contribution is -2.49. The monoisotopic (exact) mass is 531 g/mol. The van der Waals surface area contributed by atoms with E-state index in [2.05, 4.69) is 20.6 Å². The number of ether oxygens (including phenoxy) is 3. The van der Waals surface area contributed by atoms with Crippen molar-refractivity contribution in [1.29, 1.82) is 0 Å². The molecule has 196 valence electrons. The highest BCUT2D eigenvalue weighted by Crippen LogP contribution is 2.40. The molecule has 1 aliphatic heterocycles. The van der Waals surface area contributed by atoms with Gasteiger partial charge in [-0.3, -0.25) is 10.1 Å². The number of amides is 1. The molecule has 3 heterocycles. The molecule has 1 saturated carbocycles. The number of hydrogen-bond donors (Lipinski definition) is 3.